The summed E-state index contributed by atoms with van der Waals surface area (Å²) in [5, 5.41) is 20.3. The molecular formula is C8H8N2O5. The van der Waals surface area contributed by atoms with Crippen molar-refractivity contribution in [3.8, 4) is 0 Å². The number of non-ortho nitro benzene ring substituents is 2. The molecule has 0 saturated carbocycles. The zero-order chi connectivity index (χ0) is 11.8. The number of hydrogen-bond donors (Lipinski definition) is 0. The lowest BCUT2D eigenvalue weighted by molar-refractivity contribution is -0.394. The number of aldehydes is 1. The number of nitro groups is 2. The number of nitro benzene ring substituents is 2. The van der Waals surface area contributed by atoms with Crippen LogP contribution >= 0.6 is 0 Å². The van der Waals surface area contributed by atoms with Gasteiger partial charge in [0.25, 0.3) is 11.4 Å². The van der Waals surface area contributed by atoms with E-state index in [0.717, 1.165) is 12.4 Å². The third kappa shape index (κ3) is 4.46. The van der Waals surface area contributed by atoms with E-state index in [1.165, 1.54) is 25.1 Å². The summed E-state index contributed by atoms with van der Waals surface area (Å²) in [6.07, 6.45) is 0.750. The van der Waals surface area contributed by atoms with Crippen LogP contribution < -0.4 is 0 Å². The Bertz CT molecular complexity index is 348. The Morgan fingerprint density at radius 1 is 1.13 bits per heavy atom. The minimum Gasteiger partial charge on any atom is -0.304 e. The number of carbonyl (C=O) groups is 1. The first-order valence-electron chi connectivity index (χ1n) is 3.81. The van der Waals surface area contributed by atoms with Gasteiger partial charge >= 0.3 is 0 Å². The average molecular weight is 212 g/mol. The lowest BCUT2D eigenvalue weighted by atomic mass is 10.3. The third-order valence-corrected chi connectivity index (χ3v) is 1.25. The summed E-state index contributed by atoms with van der Waals surface area (Å²) in [5.41, 5.74) is -0.548. The largest absolute Gasteiger partial charge is 0.304 e. The number of benzene rings is 1. The number of hydrogen-bond acceptors (Lipinski definition) is 5. The SMILES string of the molecule is CC=O.O=[N+]([O-])c1cccc([N+](=O)[O-])c1. The Morgan fingerprint density at radius 2 is 1.47 bits per heavy atom. The van der Waals surface area contributed by atoms with E-state index in [1.807, 2.05) is 0 Å². The fourth-order valence-electron chi connectivity index (χ4n) is 0.720. The van der Waals surface area contributed by atoms with Gasteiger partial charge < -0.3 is 4.79 Å². The molecule has 0 fully saturated rings. The molecule has 15 heavy (non-hydrogen) atoms. The molecule has 0 aromatic heterocycles. The van der Waals surface area contributed by atoms with Gasteiger partial charge in [0.2, 0.25) is 0 Å². The van der Waals surface area contributed by atoms with E-state index in [0.29, 0.717) is 0 Å². The molecule has 0 spiro atoms. The topological polar surface area (TPSA) is 103 Å². The van der Waals surface area contributed by atoms with E-state index < -0.39 is 9.85 Å². The second kappa shape index (κ2) is 6.19. The Balaban J connectivity index is 0.000000583. The van der Waals surface area contributed by atoms with Gasteiger partial charge in [-0.15, -0.1) is 0 Å². The lowest BCUT2D eigenvalue weighted by Crippen LogP contribution is -1.91. The summed E-state index contributed by atoms with van der Waals surface area (Å²) in [6.45, 7) is 1.44. The molecule has 0 aliphatic heterocycles. The third-order valence-electron chi connectivity index (χ3n) is 1.25. The van der Waals surface area contributed by atoms with Crippen molar-refractivity contribution in [2.45, 2.75) is 6.92 Å². The molecule has 0 N–H and O–H groups in total. The average Bonchev–Trinajstić information content (AvgIpc) is 2.19. The van der Waals surface area contributed by atoms with Crippen LogP contribution in [0.2, 0.25) is 0 Å². The van der Waals surface area contributed by atoms with Gasteiger partial charge in [0.1, 0.15) is 6.29 Å². The predicted molar refractivity (Wildman–Crippen MR) is 51.5 cm³/mol. The Morgan fingerprint density at radius 3 is 1.73 bits per heavy atom. The summed E-state index contributed by atoms with van der Waals surface area (Å²) in [4.78, 5) is 27.8. The van der Waals surface area contributed by atoms with Crippen LogP contribution in [0.5, 0.6) is 0 Å². The van der Waals surface area contributed by atoms with Crippen molar-refractivity contribution in [1.82, 2.24) is 0 Å². The molecule has 0 aliphatic carbocycles. The minimum absolute atomic E-state index is 0.274. The van der Waals surface area contributed by atoms with Crippen LogP contribution in [-0.2, 0) is 4.79 Å². The molecule has 0 unspecified atom stereocenters. The lowest BCUT2D eigenvalue weighted by Gasteiger charge is -1.90. The Labute approximate surface area is 84.6 Å². The molecule has 0 saturated heterocycles. The highest BCUT2D eigenvalue weighted by Crippen LogP contribution is 2.18. The van der Waals surface area contributed by atoms with Crippen molar-refractivity contribution in [1.29, 1.82) is 0 Å². The summed E-state index contributed by atoms with van der Waals surface area (Å²) in [7, 11) is 0. The van der Waals surface area contributed by atoms with E-state index in [9.17, 15) is 20.2 Å². The van der Waals surface area contributed by atoms with E-state index in [2.05, 4.69) is 0 Å². The number of carbonyl (C=O) groups excluding carboxylic acids is 1. The van der Waals surface area contributed by atoms with Crippen LogP contribution in [0.15, 0.2) is 24.3 Å². The highest BCUT2D eigenvalue weighted by Gasteiger charge is 2.11. The maximum Gasteiger partial charge on any atom is 0.276 e. The summed E-state index contributed by atoms with van der Waals surface area (Å²) < 4.78 is 0. The standard InChI is InChI=1S/C6H4N2O4.C2H4O/c9-7(10)5-2-1-3-6(4-5)8(11)12;1-2-3/h1-4H;2H,1H3. The first kappa shape index (κ1) is 12.7. The van der Waals surface area contributed by atoms with Gasteiger partial charge in [0.15, 0.2) is 0 Å². The monoisotopic (exact) mass is 212 g/mol. The van der Waals surface area contributed by atoms with Crippen molar-refractivity contribution < 1.29 is 14.6 Å². The van der Waals surface area contributed by atoms with Gasteiger partial charge in [-0.25, -0.2) is 0 Å². The Kier molecular flexibility index (Phi) is 5.24. The van der Waals surface area contributed by atoms with Crippen LogP contribution in [0.25, 0.3) is 0 Å². The van der Waals surface area contributed by atoms with Gasteiger partial charge in [-0.2, -0.15) is 0 Å². The molecule has 0 radical (unpaired) electrons. The van der Waals surface area contributed by atoms with E-state index in [4.69, 9.17) is 4.79 Å². The fraction of sp³-hybridized carbons (Fsp3) is 0.125. The molecule has 0 atom stereocenters. The number of nitrogens with zero attached hydrogens (tertiary/aromatic N) is 2. The molecule has 0 bridgehead atoms. The molecule has 1 rings (SSSR count). The van der Waals surface area contributed by atoms with Gasteiger partial charge in [0.05, 0.1) is 15.9 Å². The summed E-state index contributed by atoms with van der Waals surface area (Å²) >= 11 is 0. The summed E-state index contributed by atoms with van der Waals surface area (Å²) in [6, 6.07) is 4.59. The van der Waals surface area contributed by atoms with E-state index in [1.54, 1.807) is 0 Å². The highest BCUT2D eigenvalue weighted by atomic mass is 16.6. The maximum atomic E-state index is 10.2. The molecule has 1 aromatic rings. The molecule has 0 aliphatic rings. The van der Waals surface area contributed by atoms with Crippen LogP contribution in [0.3, 0.4) is 0 Å². The maximum absolute atomic E-state index is 10.2. The van der Waals surface area contributed by atoms with E-state index >= 15 is 0 Å². The van der Waals surface area contributed by atoms with Gasteiger partial charge in [-0.05, 0) is 13.0 Å². The first-order chi connectivity index (χ1) is 7.02. The second-order valence-electron chi connectivity index (χ2n) is 2.27. The zero-order valence-electron chi connectivity index (χ0n) is 7.82. The molecule has 80 valence electrons. The normalized spacial score (nSPS) is 8.33. The first-order valence-corrected chi connectivity index (χ1v) is 3.81. The van der Waals surface area contributed by atoms with Crippen molar-refractivity contribution in [2.75, 3.05) is 0 Å². The molecule has 0 heterocycles. The van der Waals surface area contributed by atoms with Crippen molar-refractivity contribution in [2.24, 2.45) is 0 Å². The Hall–Kier alpha value is -2.31. The van der Waals surface area contributed by atoms with Crippen LogP contribution in [0.4, 0.5) is 11.4 Å². The minimum atomic E-state index is -0.674. The molecule has 7 nitrogen and oxygen atoms in total. The summed E-state index contributed by atoms with van der Waals surface area (Å²) in [5.74, 6) is 0. The van der Waals surface area contributed by atoms with Gasteiger partial charge in [0, 0.05) is 12.1 Å². The smallest absolute Gasteiger partial charge is 0.276 e. The van der Waals surface area contributed by atoms with Gasteiger partial charge in [-0.1, -0.05) is 0 Å². The molecule has 1 aromatic carbocycles. The van der Waals surface area contributed by atoms with Crippen LogP contribution in [0.1, 0.15) is 6.92 Å². The predicted octanol–water partition coefficient (Wildman–Crippen LogP) is 1.71. The second-order valence-corrected chi connectivity index (χ2v) is 2.27. The highest BCUT2D eigenvalue weighted by molar-refractivity contribution is 5.44. The van der Waals surface area contributed by atoms with E-state index in [-0.39, 0.29) is 11.4 Å². The molecule has 0 amide bonds. The zero-order valence-corrected chi connectivity index (χ0v) is 7.82. The van der Waals surface area contributed by atoms with Crippen molar-refractivity contribution >= 4 is 17.7 Å². The van der Waals surface area contributed by atoms with Gasteiger partial charge in [-0.3, -0.25) is 20.2 Å². The van der Waals surface area contributed by atoms with Crippen molar-refractivity contribution in [3.05, 3.63) is 44.5 Å². The number of rotatable bonds is 2. The van der Waals surface area contributed by atoms with Crippen LogP contribution in [0, 0.1) is 20.2 Å². The molecular weight excluding hydrogens is 204 g/mol. The van der Waals surface area contributed by atoms with Crippen molar-refractivity contribution in [3.63, 3.8) is 0 Å². The quantitative estimate of drug-likeness (QED) is 0.421. The fourth-order valence-corrected chi connectivity index (χ4v) is 0.720. The van der Waals surface area contributed by atoms with Crippen LogP contribution in [-0.4, -0.2) is 16.1 Å². The molecule has 7 heteroatoms.